The number of nitrogens with one attached hydrogen (secondary N) is 2. The summed E-state index contributed by atoms with van der Waals surface area (Å²) in [5.74, 6) is 0. The number of hydrogen-bond donors (Lipinski definition) is 2. The van der Waals surface area contributed by atoms with Gasteiger partial charge < -0.3 is 10.3 Å². The second kappa shape index (κ2) is 5.40. The minimum Gasteiger partial charge on any atom is -0.379 e. The van der Waals surface area contributed by atoms with Gasteiger partial charge >= 0.3 is 0 Å². The summed E-state index contributed by atoms with van der Waals surface area (Å²) in [6.45, 7) is 0.748. The number of benzene rings is 2. The van der Waals surface area contributed by atoms with Crippen LogP contribution in [0.5, 0.6) is 0 Å². The second-order valence-electron chi connectivity index (χ2n) is 4.38. The summed E-state index contributed by atoms with van der Waals surface area (Å²) in [6, 6.07) is 18.8. The van der Waals surface area contributed by atoms with Crippen molar-refractivity contribution < 1.29 is 0 Å². The average molecular weight is 249 g/mol. The Morgan fingerprint density at radius 1 is 0.947 bits per heavy atom. The molecule has 0 saturated carbocycles. The summed E-state index contributed by atoms with van der Waals surface area (Å²) in [6.07, 6.45) is 3.52. The van der Waals surface area contributed by atoms with E-state index in [0.717, 1.165) is 17.9 Å². The Labute approximate surface area is 112 Å². The Bertz CT molecular complexity index is 630. The number of anilines is 1. The summed E-state index contributed by atoms with van der Waals surface area (Å²) in [5.41, 5.74) is 4.63. The number of rotatable bonds is 4. The van der Waals surface area contributed by atoms with Gasteiger partial charge in [0.2, 0.25) is 0 Å². The van der Waals surface area contributed by atoms with Crippen LogP contribution in [0.15, 0.2) is 67.1 Å². The lowest BCUT2D eigenvalue weighted by Crippen LogP contribution is -1.99. The number of aromatic nitrogens is 2. The van der Waals surface area contributed by atoms with E-state index in [1.54, 1.807) is 6.33 Å². The van der Waals surface area contributed by atoms with Gasteiger partial charge in [-0.25, -0.2) is 4.98 Å². The van der Waals surface area contributed by atoms with Gasteiger partial charge in [-0.15, -0.1) is 0 Å². The highest BCUT2D eigenvalue weighted by Crippen LogP contribution is 2.22. The van der Waals surface area contributed by atoms with E-state index < -0.39 is 0 Å². The Balaban J connectivity index is 1.77. The predicted octanol–water partition coefficient (Wildman–Crippen LogP) is 3.69. The average Bonchev–Trinajstić information content (AvgIpc) is 3.00. The van der Waals surface area contributed by atoms with Gasteiger partial charge in [-0.3, -0.25) is 0 Å². The highest BCUT2D eigenvalue weighted by Gasteiger charge is 1.99. The normalized spacial score (nSPS) is 10.3. The first kappa shape index (κ1) is 11.5. The zero-order chi connectivity index (χ0) is 12.9. The molecule has 19 heavy (non-hydrogen) atoms. The minimum atomic E-state index is 0.748. The van der Waals surface area contributed by atoms with E-state index in [9.17, 15) is 0 Å². The van der Waals surface area contributed by atoms with E-state index in [-0.39, 0.29) is 0 Å². The van der Waals surface area contributed by atoms with E-state index in [1.807, 2.05) is 12.3 Å². The maximum atomic E-state index is 4.00. The lowest BCUT2D eigenvalue weighted by molar-refractivity contribution is 1.07. The first-order chi connectivity index (χ1) is 9.42. The second-order valence-corrected chi connectivity index (χ2v) is 4.38. The first-order valence-corrected chi connectivity index (χ1v) is 6.28. The van der Waals surface area contributed by atoms with Crippen LogP contribution in [0.3, 0.4) is 0 Å². The van der Waals surface area contributed by atoms with Crippen molar-refractivity contribution >= 4 is 5.69 Å². The van der Waals surface area contributed by atoms with Gasteiger partial charge in [0.1, 0.15) is 0 Å². The maximum absolute atomic E-state index is 4.00. The molecule has 0 bridgehead atoms. The fraction of sp³-hybridized carbons (Fsp3) is 0.0625. The predicted molar refractivity (Wildman–Crippen MR) is 77.8 cm³/mol. The molecule has 0 radical (unpaired) electrons. The Morgan fingerprint density at radius 2 is 1.79 bits per heavy atom. The van der Waals surface area contributed by atoms with Crippen LogP contribution in [0, 0.1) is 0 Å². The van der Waals surface area contributed by atoms with E-state index in [2.05, 4.69) is 63.8 Å². The van der Waals surface area contributed by atoms with Gasteiger partial charge in [0, 0.05) is 11.9 Å². The monoisotopic (exact) mass is 249 g/mol. The molecule has 1 heterocycles. The van der Waals surface area contributed by atoms with Gasteiger partial charge in [-0.2, -0.15) is 0 Å². The molecular weight excluding hydrogens is 234 g/mol. The van der Waals surface area contributed by atoms with E-state index in [1.165, 1.54) is 11.1 Å². The minimum absolute atomic E-state index is 0.748. The molecule has 3 heteroatoms. The molecule has 0 fully saturated rings. The molecule has 0 unspecified atom stereocenters. The zero-order valence-electron chi connectivity index (χ0n) is 10.5. The van der Waals surface area contributed by atoms with Gasteiger partial charge in [0.25, 0.3) is 0 Å². The van der Waals surface area contributed by atoms with Gasteiger partial charge in [0.15, 0.2) is 0 Å². The Hall–Kier alpha value is -2.55. The number of aromatic amines is 1. The largest absolute Gasteiger partial charge is 0.379 e. The van der Waals surface area contributed by atoms with Crippen molar-refractivity contribution in [3.05, 3.63) is 72.8 Å². The molecule has 2 N–H and O–H groups in total. The van der Waals surface area contributed by atoms with Crippen molar-refractivity contribution in [2.75, 3.05) is 5.32 Å². The molecule has 3 rings (SSSR count). The lowest BCUT2D eigenvalue weighted by atomic mass is 10.1. The van der Waals surface area contributed by atoms with Crippen LogP contribution in [0.25, 0.3) is 11.1 Å². The van der Waals surface area contributed by atoms with Crippen molar-refractivity contribution in [1.82, 2.24) is 9.97 Å². The third-order valence-electron chi connectivity index (χ3n) is 3.01. The van der Waals surface area contributed by atoms with E-state index in [4.69, 9.17) is 0 Å². The van der Waals surface area contributed by atoms with Crippen LogP contribution in [-0.4, -0.2) is 9.97 Å². The number of imidazole rings is 1. The maximum Gasteiger partial charge on any atom is 0.0922 e. The lowest BCUT2D eigenvalue weighted by Gasteiger charge is -2.07. The molecule has 0 spiro atoms. The SMILES string of the molecule is c1ccc(-c2cccc(NCc3cnc[nH]3)c2)cc1. The van der Waals surface area contributed by atoms with E-state index >= 15 is 0 Å². The third-order valence-corrected chi connectivity index (χ3v) is 3.01. The molecule has 3 aromatic rings. The molecule has 2 aromatic carbocycles. The van der Waals surface area contributed by atoms with Crippen molar-refractivity contribution in [2.24, 2.45) is 0 Å². The molecular formula is C16H15N3. The standard InChI is InChI=1S/C16H15N3/c1-2-5-13(6-3-1)14-7-4-8-15(9-14)18-11-16-10-17-12-19-16/h1-10,12,18H,11H2,(H,17,19). The first-order valence-electron chi connectivity index (χ1n) is 6.28. The molecule has 0 aliphatic rings. The van der Waals surface area contributed by atoms with Crippen LogP contribution in [-0.2, 0) is 6.54 Å². The molecule has 0 amide bonds. The number of H-pyrrole nitrogens is 1. The molecule has 1 aromatic heterocycles. The highest BCUT2D eigenvalue weighted by atomic mass is 14.9. The van der Waals surface area contributed by atoms with Crippen molar-refractivity contribution in [1.29, 1.82) is 0 Å². The zero-order valence-corrected chi connectivity index (χ0v) is 10.5. The fourth-order valence-corrected chi connectivity index (χ4v) is 2.02. The van der Waals surface area contributed by atoms with Gasteiger partial charge in [0.05, 0.1) is 18.6 Å². The Morgan fingerprint density at radius 3 is 2.58 bits per heavy atom. The summed E-state index contributed by atoms with van der Waals surface area (Å²) in [7, 11) is 0. The van der Waals surface area contributed by atoms with Gasteiger partial charge in [-0.1, -0.05) is 42.5 Å². The van der Waals surface area contributed by atoms with Crippen LogP contribution >= 0.6 is 0 Å². The van der Waals surface area contributed by atoms with E-state index in [0.29, 0.717) is 0 Å². The van der Waals surface area contributed by atoms with Crippen LogP contribution in [0.1, 0.15) is 5.69 Å². The molecule has 94 valence electrons. The summed E-state index contributed by atoms with van der Waals surface area (Å²) >= 11 is 0. The molecule has 0 atom stereocenters. The highest BCUT2D eigenvalue weighted by molar-refractivity contribution is 5.67. The van der Waals surface area contributed by atoms with Crippen LogP contribution in [0.2, 0.25) is 0 Å². The molecule has 3 nitrogen and oxygen atoms in total. The Kier molecular flexibility index (Phi) is 3.28. The van der Waals surface area contributed by atoms with Crippen LogP contribution in [0.4, 0.5) is 5.69 Å². The third kappa shape index (κ3) is 2.83. The topological polar surface area (TPSA) is 40.7 Å². The van der Waals surface area contributed by atoms with Crippen molar-refractivity contribution in [2.45, 2.75) is 6.54 Å². The summed E-state index contributed by atoms with van der Waals surface area (Å²) in [4.78, 5) is 7.08. The van der Waals surface area contributed by atoms with Crippen LogP contribution < -0.4 is 5.32 Å². The van der Waals surface area contributed by atoms with Crippen molar-refractivity contribution in [3.63, 3.8) is 0 Å². The molecule has 0 aliphatic carbocycles. The molecule has 0 saturated heterocycles. The summed E-state index contributed by atoms with van der Waals surface area (Å²) < 4.78 is 0. The van der Waals surface area contributed by atoms with Crippen molar-refractivity contribution in [3.8, 4) is 11.1 Å². The quantitative estimate of drug-likeness (QED) is 0.740. The molecule has 0 aliphatic heterocycles. The number of hydrogen-bond acceptors (Lipinski definition) is 2. The smallest absolute Gasteiger partial charge is 0.0922 e. The fourth-order valence-electron chi connectivity index (χ4n) is 2.02. The number of nitrogens with zero attached hydrogens (tertiary/aromatic N) is 1. The summed E-state index contributed by atoms with van der Waals surface area (Å²) in [5, 5.41) is 3.39. The van der Waals surface area contributed by atoms with Gasteiger partial charge in [-0.05, 0) is 23.3 Å².